The Morgan fingerprint density at radius 3 is 2.90 bits per heavy atom. The van der Waals surface area contributed by atoms with Crippen LogP contribution in [0.15, 0.2) is 36.4 Å². The highest BCUT2D eigenvalue weighted by molar-refractivity contribution is 5.79. The van der Waals surface area contributed by atoms with Crippen molar-refractivity contribution in [2.75, 3.05) is 31.6 Å². The minimum absolute atomic E-state index is 0.449. The summed E-state index contributed by atoms with van der Waals surface area (Å²) in [6.45, 7) is 3.90. The van der Waals surface area contributed by atoms with Crippen molar-refractivity contribution in [3.8, 4) is 0 Å². The Balaban J connectivity index is 1.39. The van der Waals surface area contributed by atoms with Crippen LogP contribution in [0.5, 0.6) is 0 Å². The molecule has 112 valence electrons. The molecule has 2 aromatic rings. The van der Waals surface area contributed by atoms with Crippen molar-refractivity contribution in [1.82, 2.24) is 10.3 Å². The van der Waals surface area contributed by atoms with E-state index in [1.807, 2.05) is 24.3 Å². The van der Waals surface area contributed by atoms with E-state index in [9.17, 15) is 0 Å². The smallest absolute Gasteiger partial charge is 0.126 e. The van der Waals surface area contributed by atoms with E-state index in [0.717, 1.165) is 56.8 Å². The molecule has 4 heteroatoms. The molecule has 0 aliphatic carbocycles. The molecule has 0 spiro atoms. The minimum atomic E-state index is 0.449. The summed E-state index contributed by atoms with van der Waals surface area (Å²) >= 11 is 0. The lowest BCUT2D eigenvalue weighted by Crippen LogP contribution is -2.32. The monoisotopic (exact) mass is 285 g/mol. The summed E-state index contributed by atoms with van der Waals surface area (Å²) < 4.78 is 5.89. The topological polar surface area (TPSA) is 46.2 Å². The molecule has 1 fully saturated rings. The average Bonchev–Trinajstić information content (AvgIpc) is 2.55. The zero-order valence-corrected chi connectivity index (χ0v) is 12.3. The second-order valence-corrected chi connectivity index (χ2v) is 5.49. The van der Waals surface area contributed by atoms with Gasteiger partial charge in [-0.15, -0.1) is 0 Å². The maximum atomic E-state index is 5.89. The number of hydrogen-bond acceptors (Lipinski definition) is 4. The van der Waals surface area contributed by atoms with Crippen molar-refractivity contribution in [1.29, 1.82) is 0 Å². The van der Waals surface area contributed by atoms with Crippen LogP contribution in [0.25, 0.3) is 10.9 Å². The van der Waals surface area contributed by atoms with Gasteiger partial charge in [0.2, 0.25) is 0 Å². The number of hydrogen-bond donors (Lipinski definition) is 2. The lowest BCUT2D eigenvalue weighted by Gasteiger charge is -2.22. The molecule has 4 nitrogen and oxygen atoms in total. The fraction of sp³-hybridized carbons (Fsp3) is 0.471. The standard InChI is InChI=1S/C17H23N3O/c1-2-5-16-14(4-1)6-7-17(20-16)19-10-3-13-21-15-8-11-18-12-9-15/h1-2,4-7,15,18H,3,8-13H2,(H,19,20). The van der Waals surface area contributed by atoms with E-state index in [4.69, 9.17) is 4.74 Å². The van der Waals surface area contributed by atoms with Crippen molar-refractivity contribution < 1.29 is 4.74 Å². The van der Waals surface area contributed by atoms with Crippen molar-refractivity contribution in [3.05, 3.63) is 36.4 Å². The molecule has 2 heterocycles. The molecule has 0 saturated carbocycles. The highest BCUT2D eigenvalue weighted by Crippen LogP contribution is 2.14. The minimum Gasteiger partial charge on any atom is -0.378 e. The van der Waals surface area contributed by atoms with E-state index in [1.165, 1.54) is 5.39 Å². The molecule has 21 heavy (non-hydrogen) atoms. The van der Waals surface area contributed by atoms with E-state index >= 15 is 0 Å². The highest BCUT2D eigenvalue weighted by atomic mass is 16.5. The Bertz CT molecular complexity index is 567. The molecular weight excluding hydrogens is 262 g/mol. The first kappa shape index (κ1) is 14.3. The number of fused-ring (bicyclic) bond motifs is 1. The molecule has 3 rings (SSSR count). The molecule has 1 aromatic carbocycles. The molecular formula is C17H23N3O. The van der Waals surface area contributed by atoms with Gasteiger partial charge in [-0.1, -0.05) is 18.2 Å². The van der Waals surface area contributed by atoms with Gasteiger partial charge in [0, 0.05) is 18.5 Å². The van der Waals surface area contributed by atoms with Gasteiger partial charge in [-0.05, 0) is 50.6 Å². The van der Waals surface area contributed by atoms with E-state index in [2.05, 4.69) is 27.8 Å². The molecule has 0 radical (unpaired) electrons. The Kier molecular flexibility index (Phi) is 5.03. The molecule has 1 aliphatic heterocycles. The SMILES string of the molecule is c1ccc2nc(NCCCOC3CCNCC3)ccc2c1. The van der Waals surface area contributed by atoms with Crippen molar-refractivity contribution in [2.24, 2.45) is 0 Å². The van der Waals surface area contributed by atoms with Crippen LogP contribution in [-0.2, 0) is 4.74 Å². The van der Waals surface area contributed by atoms with Crippen molar-refractivity contribution in [2.45, 2.75) is 25.4 Å². The molecule has 1 aromatic heterocycles. The number of nitrogens with one attached hydrogen (secondary N) is 2. The molecule has 0 bridgehead atoms. The Labute approximate surface area is 125 Å². The first-order valence-electron chi connectivity index (χ1n) is 7.84. The number of para-hydroxylation sites is 1. The van der Waals surface area contributed by atoms with Crippen LogP contribution >= 0.6 is 0 Å². The number of aromatic nitrogens is 1. The Hall–Kier alpha value is -1.65. The third kappa shape index (κ3) is 4.16. The molecule has 0 amide bonds. The maximum Gasteiger partial charge on any atom is 0.126 e. The second-order valence-electron chi connectivity index (χ2n) is 5.49. The Morgan fingerprint density at radius 1 is 1.14 bits per heavy atom. The van der Waals surface area contributed by atoms with Crippen LogP contribution in [-0.4, -0.2) is 37.3 Å². The first-order valence-corrected chi connectivity index (χ1v) is 7.84. The normalized spacial score (nSPS) is 16.2. The Morgan fingerprint density at radius 2 is 2.00 bits per heavy atom. The van der Waals surface area contributed by atoms with Gasteiger partial charge < -0.3 is 15.4 Å². The summed E-state index contributed by atoms with van der Waals surface area (Å²) in [4.78, 5) is 4.60. The van der Waals surface area contributed by atoms with Crippen LogP contribution in [0.2, 0.25) is 0 Å². The van der Waals surface area contributed by atoms with Crippen LogP contribution in [0.1, 0.15) is 19.3 Å². The van der Waals surface area contributed by atoms with Gasteiger partial charge in [0.25, 0.3) is 0 Å². The van der Waals surface area contributed by atoms with E-state index < -0.39 is 0 Å². The summed E-state index contributed by atoms with van der Waals surface area (Å²) in [5.74, 6) is 0.940. The second kappa shape index (κ2) is 7.38. The predicted molar refractivity (Wildman–Crippen MR) is 86.7 cm³/mol. The predicted octanol–water partition coefficient (Wildman–Crippen LogP) is 2.81. The molecule has 0 unspecified atom stereocenters. The number of ether oxygens (including phenoxy) is 1. The number of rotatable bonds is 6. The number of anilines is 1. The maximum absolute atomic E-state index is 5.89. The van der Waals surface area contributed by atoms with Gasteiger partial charge in [0.15, 0.2) is 0 Å². The molecule has 0 atom stereocenters. The molecule has 1 saturated heterocycles. The van der Waals surface area contributed by atoms with Crippen molar-refractivity contribution in [3.63, 3.8) is 0 Å². The molecule has 2 N–H and O–H groups in total. The quantitative estimate of drug-likeness (QED) is 0.801. The lowest BCUT2D eigenvalue weighted by atomic mass is 10.1. The van der Waals surface area contributed by atoms with E-state index in [0.29, 0.717) is 6.10 Å². The van der Waals surface area contributed by atoms with Gasteiger partial charge >= 0.3 is 0 Å². The van der Waals surface area contributed by atoms with Gasteiger partial charge in [-0.3, -0.25) is 0 Å². The zero-order chi connectivity index (χ0) is 14.3. The van der Waals surface area contributed by atoms with Crippen LogP contribution < -0.4 is 10.6 Å². The fourth-order valence-electron chi connectivity index (χ4n) is 2.67. The summed E-state index contributed by atoms with van der Waals surface area (Å²) in [5.41, 5.74) is 1.04. The number of benzene rings is 1. The van der Waals surface area contributed by atoms with E-state index in [-0.39, 0.29) is 0 Å². The van der Waals surface area contributed by atoms with E-state index in [1.54, 1.807) is 0 Å². The van der Waals surface area contributed by atoms with Crippen molar-refractivity contribution >= 4 is 16.7 Å². The van der Waals surface area contributed by atoms with Crippen LogP contribution in [0, 0.1) is 0 Å². The fourth-order valence-corrected chi connectivity index (χ4v) is 2.67. The average molecular weight is 285 g/mol. The summed E-state index contributed by atoms with van der Waals surface area (Å²) in [6.07, 6.45) is 3.74. The van der Waals surface area contributed by atoms with Gasteiger partial charge in [0.05, 0.1) is 11.6 Å². The third-order valence-corrected chi connectivity index (χ3v) is 3.87. The van der Waals surface area contributed by atoms with Gasteiger partial charge in [-0.2, -0.15) is 0 Å². The van der Waals surface area contributed by atoms with Crippen LogP contribution in [0.3, 0.4) is 0 Å². The zero-order valence-electron chi connectivity index (χ0n) is 12.3. The summed E-state index contributed by atoms with van der Waals surface area (Å²) in [5, 5.41) is 7.90. The largest absolute Gasteiger partial charge is 0.378 e. The van der Waals surface area contributed by atoms with Crippen LogP contribution in [0.4, 0.5) is 5.82 Å². The molecule has 1 aliphatic rings. The first-order chi connectivity index (χ1) is 10.4. The van der Waals surface area contributed by atoms with Gasteiger partial charge in [-0.25, -0.2) is 4.98 Å². The lowest BCUT2D eigenvalue weighted by molar-refractivity contribution is 0.0329. The number of nitrogens with zero attached hydrogens (tertiary/aromatic N) is 1. The van der Waals surface area contributed by atoms with Gasteiger partial charge in [0.1, 0.15) is 5.82 Å². The number of pyridine rings is 1. The summed E-state index contributed by atoms with van der Waals surface area (Å²) in [6, 6.07) is 12.3. The number of piperidine rings is 1. The highest BCUT2D eigenvalue weighted by Gasteiger charge is 2.12. The third-order valence-electron chi connectivity index (χ3n) is 3.87. The summed E-state index contributed by atoms with van der Waals surface area (Å²) in [7, 11) is 0.